The Morgan fingerprint density at radius 2 is 2.14 bits per heavy atom. The van der Waals surface area contributed by atoms with Crippen molar-refractivity contribution in [1.29, 1.82) is 0 Å². The van der Waals surface area contributed by atoms with Crippen LogP contribution in [0.4, 0.5) is 0 Å². The second kappa shape index (κ2) is 6.09. The molecule has 0 N–H and O–H groups in total. The molecule has 3 nitrogen and oxygen atoms in total. The summed E-state index contributed by atoms with van der Waals surface area (Å²) in [4.78, 5) is 12.8. The average molecular weight is 353 g/mol. The van der Waals surface area contributed by atoms with Crippen molar-refractivity contribution < 1.29 is 14.3 Å². The summed E-state index contributed by atoms with van der Waals surface area (Å²) in [5.41, 5.74) is 0.755. The minimum absolute atomic E-state index is 0.0116. The molecule has 1 aliphatic heterocycles. The van der Waals surface area contributed by atoms with Crippen LogP contribution in [0, 0.1) is 5.92 Å². The van der Waals surface area contributed by atoms with E-state index in [1.54, 1.807) is 7.11 Å². The van der Waals surface area contributed by atoms with Crippen molar-refractivity contribution >= 4 is 21.7 Å². The average Bonchev–Trinajstić information content (AvgIpc) is 2.94. The predicted octanol–water partition coefficient (Wildman–Crippen LogP) is 4.38. The lowest BCUT2D eigenvalue weighted by molar-refractivity contribution is -0.0866. The topological polar surface area (TPSA) is 35.5 Å². The molecule has 1 saturated carbocycles. The normalized spacial score (nSPS) is 24.2. The lowest BCUT2D eigenvalue weighted by atomic mass is 9.81. The number of rotatable bonds is 3. The summed E-state index contributed by atoms with van der Waals surface area (Å²) in [6.45, 7) is 0.716. The van der Waals surface area contributed by atoms with Crippen LogP contribution < -0.4 is 4.74 Å². The summed E-state index contributed by atoms with van der Waals surface area (Å²) in [6, 6.07) is 5.59. The molecule has 1 aromatic carbocycles. The van der Waals surface area contributed by atoms with Gasteiger partial charge in [-0.05, 0) is 59.8 Å². The summed E-state index contributed by atoms with van der Waals surface area (Å²) in [7, 11) is 1.63. The fourth-order valence-electron chi connectivity index (χ4n) is 3.67. The van der Waals surface area contributed by atoms with Crippen molar-refractivity contribution in [3.8, 4) is 5.75 Å². The molecule has 1 aliphatic carbocycles. The van der Waals surface area contributed by atoms with Crippen molar-refractivity contribution in [3.05, 3.63) is 28.2 Å². The van der Waals surface area contributed by atoms with Crippen LogP contribution in [-0.4, -0.2) is 25.1 Å². The largest absolute Gasteiger partial charge is 0.496 e. The van der Waals surface area contributed by atoms with E-state index in [-0.39, 0.29) is 17.3 Å². The van der Waals surface area contributed by atoms with Gasteiger partial charge in [-0.3, -0.25) is 4.79 Å². The van der Waals surface area contributed by atoms with Crippen LogP contribution >= 0.6 is 15.9 Å². The Kier molecular flexibility index (Phi) is 4.36. The third kappa shape index (κ3) is 3.02. The van der Waals surface area contributed by atoms with E-state index in [9.17, 15) is 4.79 Å². The number of carbonyl (C=O) groups is 1. The zero-order chi connectivity index (χ0) is 14.9. The van der Waals surface area contributed by atoms with Crippen LogP contribution in [0.5, 0.6) is 5.75 Å². The lowest BCUT2D eigenvalue weighted by Crippen LogP contribution is -2.39. The molecule has 2 aliphatic rings. The first kappa shape index (κ1) is 15.0. The van der Waals surface area contributed by atoms with Gasteiger partial charge < -0.3 is 9.47 Å². The van der Waals surface area contributed by atoms with Crippen molar-refractivity contribution in [3.63, 3.8) is 0 Å². The molecule has 114 valence electrons. The Balaban J connectivity index is 1.76. The minimum Gasteiger partial charge on any atom is -0.496 e. The number of halogens is 1. The first-order valence-electron chi connectivity index (χ1n) is 7.65. The van der Waals surface area contributed by atoms with E-state index in [4.69, 9.17) is 9.47 Å². The highest BCUT2D eigenvalue weighted by molar-refractivity contribution is 9.10. The smallest absolute Gasteiger partial charge is 0.166 e. The van der Waals surface area contributed by atoms with Crippen molar-refractivity contribution in [2.24, 2.45) is 5.92 Å². The van der Waals surface area contributed by atoms with Gasteiger partial charge in [-0.15, -0.1) is 0 Å². The molecule has 1 atom stereocenters. The van der Waals surface area contributed by atoms with Crippen molar-refractivity contribution in [2.45, 2.75) is 44.1 Å². The van der Waals surface area contributed by atoms with Crippen LogP contribution in [0.1, 0.15) is 48.9 Å². The molecule has 0 amide bonds. The van der Waals surface area contributed by atoms with E-state index < -0.39 is 0 Å². The Bertz CT molecular complexity index is 535. The number of benzene rings is 1. The molecule has 1 unspecified atom stereocenters. The molecule has 1 saturated heterocycles. The van der Waals surface area contributed by atoms with Crippen LogP contribution in [0.3, 0.4) is 0 Å². The number of ketones is 1. The highest BCUT2D eigenvalue weighted by atomic mass is 79.9. The number of ether oxygens (including phenoxy) is 2. The third-order valence-corrected chi connectivity index (χ3v) is 5.43. The van der Waals surface area contributed by atoms with E-state index >= 15 is 0 Å². The molecule has 1 spiro atoms. The molecule has 0 aromatic heterocycles. The molecule has 0 radical (unpaired) electrons. The summed E-state index contributed by atoms with van der Waals surface area (Å²) >= 11 is 3.46. The van der Waals surface area contributed by atoms with Crippen LogP contribution in [0.15, 0.2) is 22.7 Å². The number of carbonyl (C=O) groups excluding carboxylic acids is 1. The molecule has 1 heterocycles. The van der Waals surface area contributed by atoms with Gasteiger partial charge in [-0.1, -0.05) is 12.8 Å². The molecule has 21 heavy (non-hydrogen) atoms. The molecular formula is C17H21BrO3. The number of hydrogen-bond donors (Lipinski definition) is 0. The van der Waals surface area contributed by atoms with Gasteiger partial charge in [0.05, 0.1) is 17.2 Å². The summed E-state index contributed by atoms with van der Waals surface area (Å²) in [5.74, 6) is 1.09. The second-order valence-corrected chi connectivity index (χ2v) is 7.00. The zero-order valence-electron chi connectivity index (χ0n) is 12.4. The Morgan fingerprint density at radius 1 is 1.38 bits per heavy atom. The number of Topliss-reactive ketones (excluding diaryl/α,β-unsaturated/α-hetero) is 1. The Morgan fingerprint density at radius 3 is 2.81 bits per heavy atom. The van der Waals surface area contributed by atoms with Gasteiger partial charge in [-0.25, -0.2) is 0 Å². The predicted molar refractivity (Wildman–Crippen MR) is 84.9 cm³/mol. The van der Waals surface area contributed by atoms with Gasteiger partial charge in [0.2, 0.25) is 0 Å². The zero-order valence-corrected chi connectivity index (χ0v) is 13.9. The van der Waals surface area contributed by atoms with Crippen LogP contribution in [0.2, 0.25) is 0 Å². The van der Waals surface area contributed by atoms with Crippen molar-refractivity contribution in [1.82, 2.24) is 0 Å². The van der Waals surface area contributed by atoms with E-state index in [2.05, 4.69) is 15.9 Å². The van der Waals surface area contributed by atoms with E-state index in [0.717, 1.165) is 41.5 Å². The van der Waals surface area contributed by atoms with Crippen molar-refractivity contribution in [2.75, 3.05) is 13.7 Å². The molecule has 2 fully saturated rings. The first-order chi connectivity index (χ1) is 10.1. The maximum atomic E-state index is 12.8. The molecular weight excluding hydrogens is 332 g/mol. The van der Waals surface area contributed by atoms with Gasteiger partial charge in [-0.2, -0.15) is 0 Å². The first-order valence-corrected chi connectivity index (χ1v) is 8.45. The van der Waals surface area contributed by atoms with Gasteiger partial charge in [0, 0.05) is 18.1 Å². The maximum Gasteiger partial charge on any atom is 0.166 e. The number of methoxy groups -OCH3 is 1. The SMILES string of the molecule is COc1ccc(C(=O)C2CCOC3(CCCC3)C2)cc1Br. The van der Waals surface area contributed by atoms with E-state index in [1.807, 2.05) is 18.2 Å². The monoisotopic (exact) mass is 352 g/mol. The molecule has 0 bridgehead atoms. The molecule has 1 aromatic rings. The van der Waals surface area contributed by atoms with Gasteiger partial charge in [0.15, 0.2) is 5.78 Å². The van der Waals surface area contributed by atoms with Crippen LogP contribution in [0.25, 0.3) is 0 Å². The van der Waals surface area contributed by atoms with Crippen LogP contribution in [-0.2, 0) is 4.74 Å². The highest BCUT2D eigenvalue weighted by Crippen LogP contribution is 2.43. The van der Waals surface area contributed by atoms with E-state index in [0.29, 0.717) is 6.61 Å². The maximum absolute atomic E-state index is 12.8. The standard InChI is InChI=1S/C17H21BrO3/c1-20-15-5-4-12(10-14(15)18)16(19)13-6-9-21-17(11-13)7-2-3-8-17/h4-5,10,13H,2-3,6-9,11H2,1H3. The number of hydrogen-bond acceptors (Lipinski definition) is 3. The Hall–Kier alpha value is -0.870. The highest BCUT2D eigenvalue weighted by Gasteiger charge is 2.42. The summed E-state index contributed by atoms with van der Waals surface area (Å²) in [5, 5.41) is 0. The molecule has 3 rings (SSSR count). The minimum atomic E-state index is -0.0116. The fourth-order valence-corrected chi connectivity index (χ4v) is 4.22. The second-order valence-electron chi connectivity index (χ2n) is 6.14. The fraction of sp³-hybridized carbons (Fsp3) is 0.588. The Labute approximate surface area is 134 Å². The molecule has 4 heteroatoms. The quantitative estimate of drug-likeness (QED) is 0.757. The summed E-state index contributed by atoms with van der Waals surface area (Å²) in [6.07, 6.45) is 6.41. The lowest BCUT2D eigenvalue weighted by Gasteiger charge is -2.37. The van der Waals surface area contributed by atoms with E-state index in [1.165, 1.54) is 12.8 Å². The van der Waals surface area contributed by atoms with Gasteiger partial charge >= 0.3 is 0 Å². The van der Waals surface area contributed by atoms with Gasteiger partial charge in [0.25, 0.3) is 0 Å². The third-order valence-electron chi connectivity index (χ3n) is 4.81. The van der Waals surface area contributed by atoms with Gasteiger partial charge in [0.1, 0.15) is 5.75 Å². The summed E-state index contributed by atoms with van der Waals surface area (Å²) < 4.78 is 12.1.